The smallest absolute Gasteiger partial charge is 0.228 e. The summed E-state index contributed by atoms with van der Waals surface area (Å²) in [6, 6.07) is 15.4. The quantitative estimate of drug-likeness (QED) is 0.843. The van der Waals surface area contributed by atoms with Crippen molar-refractivity contribution in [1.82, 2.24) is 4.90 Å². The molecule has 0 aliphatic carbocycles. The van der Waals surface area contributed by atoms with Crippen molar-refractivity contribution in [2.75, 3.05) is 18.4 Å². The first kappa shape index (κ1) is 17.3. The van der Waals surface area contributed by atoms with Crippen molar-refractivity contribution >= 4 is 34.8 Å². The van der Waals surface area contributed by atoms with Gasteiger partial charge in [-0.15, -0.1) is 0 Å². The van der Waals surface area contributed by atoms with Crippen molar-refractivity contribution in [3.63, 3.8) is 0 Å². The fourth-order valence-electron chi connectivity index (χ4n) is 3.08. The predicted molar refractivity (Wildman–Crippen MR) is 99.5 cm³/mol. The van der Waals surface area contributed by atoms with E-state index in [0.717, 1.165) is 32.5 Å². The fraction of sp³-hybridized carbons (Fsp3) is 0.316. The Kier molecular flexibility index (Phi) is 5.77. The van der Waals surface area contributed by atoms with E-state index in [0.29, 0.717) is 15.7 Å². The second-order valence-corrected chi connectivity index (χ2v) is 7.02. The summed E-state index contributed by atoms with van der Waals surface area (Å²) in [6.45, 7) is 2.66. The van der Waals surface area contributed by atoms with Gasteiger partial charge in [-0.05, 0) is 43.1 Å². The van der Waals surface area contributed by atoms with Gasteiger partial charge in [0.1, 0.15) is 0 Å². The molecule has 2 aromatic rings. The van der Waals surface area contributed by atoms with Gasteiger partial charge in [0.25, 0.3) is 0 Å². The predicted octanol–water partition coefficient (Wildman–Crippen LogP) is 4.84. The molecule has 1 aliphatic heterocycles. The number of carbonyl (C=O) groups excluding carboxylic acids is 1. The first-order valence-electron chi connectivity index (χ1n) is 8.14. The van der Waals surface area contributed by atoms with Crippen LogP contribution in [0, 0.1) is 5.92 Å². The zero-order chi connectivity index (χ0) is 16.9. The van der Waals surface area contributed by atoms with Crippen LogP contribution in [0.15, 0.2) is 48.5 Å². The standard InChI is InChI=1S/C19H20Cl2N2O/c20-16-8-9-17(21)18(11-16)22-19(24)15-7-4-10-23(13-15)12-14-5-2-1-3-6-14/h1-3,5-6,8-9,11,15H,4,7,10,12-13H2,(H,22,24). The third kappa shape index (κ3) is 4.50. The molecule has 24 heavy (non-hydrogen) atoms. The number of benzene rings is 2. The van der Waals surface area contributed by atoms with E-state index in [4.69, 9.17) is 23.2 Å². The highest BCUT2D eigenvalue weighted by molar-refractivity contribution is 6.35. The summed E-state index contributed by atoms with van der Waals surface area (Å²) in [5.74, 6) is -0.0190. The first-order valence-corrected chi connectivity index (χ1v) is 8.89. The molecule has 3 rings (SSSR count). The van der Waals surface area contributed by atoms with Crippen LogP contribution in [-0.4, -0.2) is 23.9 Å². The second-order valence-electron chi connectivity index (χ2n) is 6.17. The number of nitrogens with zero attached hydrogens (tertiary/aromatic N) is 1. The van der Waals surface area contributed by atoms with E-state index in [1.807, 2.05) is 18.2 Å². The van der Waals surface area contributed by atoms with Crippen molar-refractivity contribution in [3.8, 4) is 0 Å². The summed E-state index contributed by atoms with van der Waals surface area (Å²) in [5.41, 5.74) is 1.85. The van der Waals surface area contributed by atoms with E-state index < -0.39 is 0 Å². The fourth-order valence-corrected chi connectivity index (χ4v) is 3.42. The maximum Gasteiger partial charge on any atom is 0.228 e. The van der Waals surface area contributed by atoms with Crippen molar-refractivity contribution in [3.05, 3.63) is 64.1 Å². The van der Waals surface area contributed by atoms with Crippen molar-refractivity contribution in [2.24, 2.45) is 5.92 Å². The molecule has 1 atom stereocenters. The summed E-state index contributed by atoms with van der Waals surface area (Å²) in [5, 5.41) is 3.99. The number of rotatable bonds is 4. The molecule has 1 fully saturated rings. The van der Waals surface area contributed by atoms with Crippen LogP contribution < -0.4 is 5.32 Å². The van der Waals surface area contributed by atoms with Crippen molar-refractivity contribution in [2.45, 2.75) is 19.4 Å². The molecule has 5 heteroatoms. The summed E-state index contributed by atoms with van der Waals surface area (Å²) in [4.78, 5) is 14.9. The monoisotopic (exact) mass is 362 g/mol. The highest BCUT2D eigenvalue weighted by Crippen LogP contribution is 2.27. The van der Waals surface area contributed by atoms with Crippen LogP contribution >= 0.6 is 23.2 Å². The Labute approximate surface area is 152 Å². The maximum atomic E-state index is 12.6. The molecule has 1 saturated heterocycles. The Hall–Kier alpha value is -1.55. The molecular weight excluding hydrogens is 343 g/mol. The van der Waals surface area contributed by atoms with Gasteiger partial charge in [-0.1, -0.05) is 53.5 Å². The highest BCUT2D eigenvalue weighted by atomic mass is 35.5. The number of nitrogens with one attached hydrogen (secondary N) is 1. The zero-order valence-corrected chi connectivity index (χ0v) is 14.9. The number of likely N-dealkylation sites (tertiary alicyclic amines) is 1. The zero-order valence-electron chi connectivity index (χ0n) is 13.3. The normalized spacial score (nSPS) is 18.3. The number of hydrogen-bond acceptors (Lipinski definition) is 2. The highest BCUT2D eigenvalue weighted by Gasteiger charge is 2.26. The van der Waals surface area contributed by atoms with Crippen LogP contribution in [0.1, 0.15) is 18.4 Å². The summed E-state index contributed by atoms with van der Waals surface area (Å²) >= 11 is 12.1. The number of amides is 1. The number of hydrogen-bond donors (Lipinski definition) is 1. The van der Waals surface area contributed by atoms with E-state index in [1.165, 1.54) is 5.56 Å². The summed E-state index contributed by atoms with van der Waals surface area (Å²) in [6.07, 6.45) is 1.92. The Balaban J connectivity index is 1.61. The van der Waals surface area contributed by atoms with Crippen molar-refractivity contribution < 1.29 is 4.79 Å². The molecule has 0 bridgehead atoms. The molecule has 1 N–H and O–H groups in total. The molecule has 0 saturated carbocycles. The van der Waals surface area contributed by atoms with Crippen LogP contribution in [0.4, 0.5) is 5.69 Å². The van der Waals surface area contributed by atoms with Crippen LogP contribution in [0.25, 0.3) is 0 Å². The first-order chi connectivity index (χ1) is 11.6. The lowest BCUT2D eigenvalue weighted by Gasteiger charge is -2.32. The lowest BCUT2D eigenvalue weighted by Crippen LogP contribution is -2.40. The van der Waals surface area contributed by atoms with Crippen LogP contribution in [0.5, 0.6) is 0 Å². The minimum atomic E-state index is -0.0301. The van der Waals surface area contributed by atoms with E-state index >= 15 is 0 Å². The van der Waals surface area contributed by atoms with Gasteiger partial charge < -0.3 is 5.32 Å². The Bertz CT molecular complexity index is 706. The molecule has 0 radical (unpaired) electrons. The van der Waals surface area contributed by atoms with Gasteiger partial charge in [-0.2, -0.15) is 0 Å². The Morgan fingerprint density at radius 3 is 2.75 bits per heavy atom. The topological polar surface area (TPSA) is 32.3 Å². The van der Waals surface area contributed by atoms with Crippen LogP contribution in [-0.2, 0) is 11.3 Å². The van der Waals surface area contributed by atoms with Gasteiger partial charge in [0.2, 0.25) is 5.91 Å². The molecule has 2 aromatic carbocycles. The van der Waals surface area contributed by atoms with Gasteiger partial charge in [0, 0.05) is 18.1 Å². The maximum absolute atomic E-state index is 12.6. The Morgan fingerprint density at radius 2 is 1.96 bits per heavy atom. The SMILES string of the molecule is O=C(Nc1cc(Cl)ccc1Cl)C1CCCN(Cc2ccccc2)C1. The number of anilines is 1. The van der Waals surface area contributed by atoms with Gasteiger partial charge in [-0.3, -0.25) is 9.69 Å². The summed E-state index contributed by atoms with van der Waals surface area (Å²) in [7, 11) is 0. The number of carbonyl (C=O) groups is 1. The van der Waals surface area contributed by atoms with E-state index in [9.17, 15) is 4.79 Å². The average Bonchev–Trinajstić information content (AvgIpc) is 2.59. The molecular formula is C19H20Cl2N2O. The van der Waals surface area contributed by atoms with Gasteiger partial charge in [0.15, 0.2) is 0 Å². The molecule has 1 aliphatic rings. The summed E-state index contributed by atoms with van der Waals surface area (Å²) < 4.78 is 0. The molecule has 1 amide bonds. The molecule has 3 nitrogen and oxygen atoms in total. The van der Waals surface area contributed by atoms with Gasteiger partial charge in [0.05, 0.1) is 16.6 Å². The van der Waals surface area contributed by atoms with E-state index in [-0.39, 0.29) is 11.8 Å². The third-order valence-corrected chi connectivity index (χ3v) is 4.88. The Morgan fingerprint density at radius 1 is 1.17 bits per heavy atom. The minimum Gasteiger partial charge on any atom is -0.324 e. The molecule has 126 valence electrons. The van der Waals surface area contributed by atoms with Gasteiger partial charge in [-0.25, -0.2) is 0 Å². The lowest BCUT2D eigenvalue weighted by atomic mass is 9.96. The molecule has 1 heterocycles. The van der Waals surface area contributed by atoms with Crippen LogP contribution in [0.2, 0.25) is 10.0 Å². The number of halogens is 2. The van der Waals surface area contributed by atoms with Gasteiger partial charge >= 0.3 is 0 Å². The lowest BCUT2D eigenvalue weighted by molar-refractivity contribution is -0.121. The molecule has 0 spiro atoms. The molecule has 0 aromatic heterocycles. The number of piperidine rings is 1. The van der Waals surface area contributed by atoms with Crippen molar-refractivity contribution in [1.29, 1.82) is 0 Å². The average molecular weight is 363 g/mol. The van der Waals surface area contributed by atoms with E-state index in [1.54, 1.807) is 18.2 Å². The largest absolute Gasteiger partial charge is 0.324 e. The molecule has 1 unspecified atom stereocenters. The second kappa shape index (κ2) is 8.02. The van der Waals surface area contributed by atoms with Crippen LogP contribution in [0.3, 0.4) is 0 Å². The van der Waals surface area contributed by atoms with E-state index in [2.05, 4.69) is 22.3 Å². The third-order valence-electron chi connectivity index (χ3n) is 4.31. The minimum absolute atomic E-state index is 0.0110.